The summed E-state index contributed by atoms with van der Waals surface area (Å²) in [4.78, 5) is 0. The van der Waals surface area contributed by atoms with Gasteiger partial charge in [-0.05, 0) is 30.9 Å². The molecule has 4 rings (SSSR count). The summed E-state index contributed by atoms with van der Waals surface area (Å²) < 4.78 is 6.06. The van der Waals surface area contributed by atoms with Crippen molar-refractivity contribution in [1.82, 2.24) is 0 Å². The van der Waals surface area contributed by atoms with E-state index >= 15 is 0 Å². The van der Waals surface area contributed by atoms with Gasteiger partial charge in [-0.15, -0.1) is 0 Å². The molecule has 2 aliphatic carbocycles. The van der Waals surface area contributed by atoms with Crippen LogP contribution in [0.1, 0.15) is 32.1 Å². The predicted octanol–water partition coefficient (Wildman–Crippen LogP) is 3.76. The highest BCUT2D eigenvalue weighted by Crippen LogP contribution is 2.32. The maximum Gasteiger partial charge on any atom is 0.135 e. The van der Waals surface area contributed by atoms with Crippen molar-refractivity contribution >= 4 is 23.1 Å². The summed E-state index contributed by atoms with van der Waals surface area (Å²) in [7, 11) is 0. The molecule has 1 heterocycles. The Morgan fingerprint density at radius 2 is 1.85 bits per heavy atom. The third kappa shape index (κ3) is 2.02. The van der Waals surface area contributed by atoms with Crippen molar-refractivity contribution in [2.75, 3.05) is 0 Å². The molecule has 102 valence electrons. The largest absolute Gasteiger partial charge is 0.456 e. The fraction of sp³-hybridized carbons (Fsp3) is 0.368. The van der Waals surface area contributed by atoms with Gasteiger partial charge in [0.1, 0.15) is 11.0 Å². The maximum atomic E-state index is 6.06. The molecule has 1 aromatic heterocycles. The smallest absolute Gasteiger partial charge is 0.135 e. The van der Waals surface area contributed by atoms with Crippen LogP contribution in [0.2, 0.25) is 0 Å². The van der Waals surface area contributed by atoms with E-state index in [2.05, 4.69) is 42.5 Å². The van der Waals surface area contributed by atoms with Crippen molar-refractivity contribution in [1.29, 1.82) is 0 Å². The average Bonchev–Trinajstić information content (AvgIpc) is 2.71. The molecule has 2 aliphatic rings. The number of para-hydroxylation sites is 1. The van der Waals surface area contributed by atoms with Crippen molar-refractivity contribution < 1.29 is 4.42 Å². The first kappa shape index (κ1) is 12.0. The Morgan fingerprint density at radius 1 is 1.00 bits per heavy atom. The molecule has 0 saturated heterocycles. The molecule has 2 aromatic rings. The van der Waals surface area contributed by atoms with Crippen LogP contribution in [0.3, 0.4) is 0 Å². The summed E-state index contributed by atoms with van der Waals surface area (Å²) in [5, 5.41) is 2.47. The van der Waals surface area contributed by atoms with Crippen LogP contribution in [-0.4, -0.2) is 0 Å². The lowest BCUT2D eigenvalue weighted by Crippen LogP contribution is -2.22. The van der Waals surface area contributed by atoms with E-state index in [-0.39, 0.29) is 0 Å². The lowest BCUT2D eigenvalue weighted by Gasteiger charge is -2.25. The van der Waals surface area contributed by atoms with Gasteiger partial charge >= 0.3 is 0 Å². The second-order valence-corrected chi connectivity index (χ2v) is 6.07. The zero-order valence-corrected chi connectivity index (χ0v) is 11.7. The second kappa shape index (κ2) is 4.97. The van der Waals surface area contributed by atoms with E-state index in [9.17, 15) is 0 Å². The highest BCUT2D eigenvalue weighted by Gasteiger charge is 2.21. The zero-order valence-electron chi connectivity index (χ0n) is 11.7. The number of furan rings is 1. The summed E-state index contributed by atoms with van der Waals surface area (Å²) in [6.45, 7) is 0. The van der Waals surface area contributed by atoms with Crippen LogP contribution in [0, 0.1) is 11.8 Å². The quantitative estimate of drug-likeness (QED) is 0.764. The van der Waals surface area contributed by atoms with E-state index < -0.39 is 0 Å². The average molecular weight is 264 g/mol. The highest BCUT2D eigenvalue weighted by atomic mass is 16.3. The van der Waals surface area contributed by atoms with Crippen LogP contribution in [0.15, 0.2) is 40.8 Å². The Morgan fingerprint density at radius 3 is 2.75 bits per heavy atom. The van der Waals surface area contributed by atoms with E-state index in [4.69, 9.17) is 4.42 Å². The molecule has 1 unspecified atom stereocenters. The molecule has 1 atom stereocenters. The topological polar surface area (TPSA) is 13.1 Å². The highest BCUT2D eigenvalue weighted by molar-refractivity contribution is 5.79. The van der Waals surface area contributed by atoms with Crippen molar-refractivity contribution in [3.63, 3.8) is 0 Å². The molecule has 0 N–H and O–H groups in total. The van der Waals surface area contributed by atoms with Gasteiger partial charge in [-0.1, -0.05) is 55.7 Å². The van der Waals surface area contributed by atoms with E-state index in [1.165, 1.54) is 42.7 Å². The molecule has 0 bridgehead atoms. The Kier molecular flexibility index (Phi) is 2.99. The van der Waals surface area contributed by atoms with Gasteiger partial charge in [-0.3, -0.25) is 0 Å². The molecule has 1 fully saturated rings. The van der Waals surface area contributed by atoms with Crippen molar-refractivity contribution in [2.24, 2.45) is 11.8 Å². The molecule has 0 radical (unpaired) electrons. The normalized spacial score (nSPS) is 22.9. The van der Waals surface area contributed by atoms with Gasteiger partial charge in [0.25, 0.3) is 0 Å². The van der Waals surface area contributed by atoms with Gasteiger partial charge in [0.15, 0.2) is 0 Å². The molecular formula is C19H20O. The van der Waals surface area contributed by atoms with Gasteiger partial charge < -0.3 is 4.42 Å². The van der Waals surface area contributed by atoms with Crippen molar-refractivity contribution in [3.8, 4) is 0 Å². The first-order valence-electron chi connectivity index (χ1n) is 7.80. The fourth-order valence-corrected chi connectivity index (χ4v) is 3.70. The molecule has 1 aromatic carbocycles. The Hall–Kier alpha value is -1.76. The number of hydrogen-bond donors (Lipinski definition) is 0. The number of rotatable bonds is 1. The molecular weight excluding hydrogens is 244 g/mol. The van der Waals surface area contributed by atoms with Crippen LogP contribution in [-0.2, 0) is 0 Å². The SMILES string of the molecule is C1=CC(C2CCCCC2)C=c2oc3ccccc3c2=C1. The van der Waals surface area contributed by atoms with Gasteiger partial charge in [-0.25, -0.2) is 0 Å². The molecule has 0 amide bonds. The lowest BCUT2D eigenvalue weighted by atomic mass is 9.80. The van der Waals surface area contributed by atoms with E-state index in [1.54, 1.807) is 0 Å². The van der Waals surface area contributed by atoms with Crippen molar-refractivity contribution in [3.05, 3.63) is 47.1 Å². The number of hydrogen-bond acceptors (Lipinski definition) is 1. The first-order chi connectivity index (χ1) is 9.92. The third-order valence-corrected chi connectivity index (χ3v) is 4.80. The molecule has 1 saturated carbocycles. The monoisotopic (exact) mass is 264 g/mol. The number of fused-ring (bicyclic) bond motifs is 3. The molecule has 1 heteroatoms. The fourth-order valence-electron chi connectivity index (χ4n) is 3.70. The standard InChI is InChI=1S/C19H20O/c1-2-7-14(8-3-1)15-9-6-11-17-16-10-4-5-12-18(16)20-19(17)13-15/h4-6,9-15H,1-3,7-8H2. The Bertz CT molecular complexity index is 757. The maximum absolute atomic E-state index is 6.06. The predicted molar refractivity (Wildman–Crippen MR) is 83.6 cm³/mol. The van der Waals surface area contributed by atoms with E-state index in [1.807, 2.05) is 6.07 Å². The number of benzene rings is 1. The summed E-state index contributed by atoms with van der Waals surface area (Å²) >= 11 is 0. The van der Waals surface area contributed by atoms with E-state index in [0.29, 0.717) is 5.92 Å². The van der Waals surface area contributed by atoms with Crippen LogP contribution in [0.4, 0.5) is 0 Å². The lowest BCUT2D eigenvalue weighted by molar-refractivity contribution is 0.325. The summed E-state index contributed by atoms with van der Waals surface area (Å²) in [5.41, 5.74) is 2.06. The van der Waals surface area contributed by atoms with Gasteiger partial charge in [0.2, 0.25) is 0 Å². The van der Waals surface area contributed by atoms with Gasteiger partial charge in [0.05, 0.1) is 0 Å². The number of allylic oxidation sites excluding steroid dienone is 2. The van der Waals surface area contributed by atoms with Crippen LogP contribution < -0.4 is 10.6 Å². The second-order valence-electron chi connectivity index (χ2n) is 6.07. The van der Waals surface area contributed by atoms with Crippen molar-refractivity contribution in [2.45, 2.75) is 32.1 Å². The first-order valence-corrected chi connectivity index (χ1v) is 7.80. The summed E-state index contributed by atoms with van der Waals surface area (Å²) in [5.74, 6) is 1.33. The van der Waals surface area contributed by atoms with Crippen LogP contribution in [0.25, 0.3) is 23.1 Å². The zero-order chi connectivity index (χ0) is 13.4. The molecule has 0 spiro atoms. The minimum Gasteiger partial charge on any atom is -0.456 e. The summed E-state index contributed by atoms with van der Waals surface area (Å²) in [6.07, 6.45) is 16.1. The van der Waals surface area contributed by atoms with Crippen LogP contribution in [0.5, 0.6) is 0 Å². The van der Waals surface area contributed by atoms with Gasteiger partial charge in [0, 0.05) is 16.5 Å². The summed E-state index contributed by atoms with van der Waals surface area (Å²) in [6, 6.07) is 8.33. The third-order valence-electron chi connectivity index (χ3n) is 4.80. The molecule has 0 aliphatic heterocycles. The molecule has 20 heavy (non-hydrogen) atoms. The molecule has 1 nitrogen and oxygen atoms in total. The van der Waals surface area contributed by atoms with E-state index in [0.717, 1.165) is 16.9 Å². The Balaban J connectivity index is 1.83. The Labute approximate surface area is 119 Å². The minimum absolute atomic E-state index is 0.536. The minimum atomic E-state index is 0.536. The van der Waals surface area contributed by atoms with Gasteiger partial charge in [-0.2, -0.15) is 0 Å². The van der Waals surface area contributed by atoms with Crippen LogP contribution >= 0.6 is 0 Å².